The van der Waals surface area contributed by atoms with Gasteiger partial charge in [-0.2, -0.15) is 0 Å². The first kappa shape index (κ1) is 13.0. The van der Waals surface area contributed by atoms with Crippen molar-refractivity contribution in [3.05, 3.63) is 29.8 Å². The fourth-order valence-corrected chi connectivity index (χ4v) is 3.16. The highest BCUT2D eigenvalue weighted by molar-refractivity contribution is 5.49. The van der Waals surface area contributed by atoms with Gasteiger partial charge in [-0.15, -0.1) is 0 Å². The second kappa shape index (κ2) is 5.54. The van der Waals surface area contributed by atoms with Gasteiger partial charge in [0.2, 0.25) is 0 Å². The minimum atomic E-state index is 0.732. The van der Waals surface area contributed by atoms with Crippen molar-refractivity contribution in [2.45, 2.75) is 58.2 Å². The number of hydrogen-bond acceptors (Lipinski definition) is 2. The molecule has 1 saturated carbocycles. The Morgan fingerprint density at radius 3 is 2.53 bits per heavy atom. The Morgan fingerprint density at radius 2 is 1.89 bits per heavy atom. The molecule has 1 atom stereocenters. The normalized spacial score (nSPS) is 23.3. The number of nitrogens with one attached hydrogen (secondary N) is 1. The minimum absolute atomic E-state index is 0.732. The molecule has 1 heterocycles. The molecule has 2 heteroatoms. The van der Waals surface area contributed by atoms with E-state index >= 15 is 0 Å². The average molecular weight is 258 g/mol. The maximum absolute atomic E-state index is 3.58. The molecule has 2 fully saturated rings. The lowest BCUT2D eigenvalue weighted by atomic mass is 10.0. The minimum Gasteiger partial charge on any atom is -0.368 e. The van der Waals surface area contributed by atoms with Crippen molar-refractivity contribution >= 4 is 5.69 Å². The van der Waals surface area contributed by atoms with Crippen molar-refractivity contribution in [2.75, 3.05) is 11.4 Å². The molecular formula is C17H26N2. The summed E-state index contributed by atoms with van der Waals surface area (Å²) in [6, 6.07) is 10.7. The van der Waals surface area contributed by atoms with Gasteiger partial charge < -0.3 is 10.2 Å². The van der Waals surface area contributed by atoms with Crippen LogP contribution >= 0.6 is 0 Å². The van der Waals surface area contributed by atoms with Gasteiger partial charge in [0.25, 0.3) is 0 Å². The van der Waals surface area contributed by atoms with Gasteiger partial charge >= 0.3 is 0 Å². The van der Waals surface area contributed by atoms with E-state index < -0.39 is 0 Å². The SMILES string of the molecule is CC(C)C1CCCN1c1ccc(CNC2CC2)cc1. The molecule has 0 bridgehead atoms. The lowest BCUT2D eigenvalue weighted by Crippen LogP contribution is -2.33. The van der Waals surface area contributed by atoms with Crippen molar-refractivity contribution in [3.8, 4) is 0 Å². The van der Waals surface area contributed by atoms with E-state index in [0.29, 0.717) is 0 Å². The topological polar surface area (TPSA) is 15.3 Å². The van der Waals surface area contributed by atoms with Crippen LogP contribution < -0.4 is 10.2 Å². The molecule has 0 aromatic heterocycles. The van der Waals surface area contributed by atoms with Gasteiger partial charge in [0.05, 0.1) is 0 Å². The van der Waals surface area contributed by atoms with Crippen LogP contribution in [0.15, 0.2) is 24.3 Å². The second-order valence-corrected chi connectivity index (χ2v) is 6.47. The lowest BCUT2D eigenvalue weighted by molar-refractivity contribution is 0.492. The maximum atomic E-state index is 3.58. The van der Waals surface area contributed by atoms with E-state index in [-0.39, 0.29) is 0 Å². The predicted octanol–water partition coefficient (Wildman–Crippen LogP) is 3.56. The Balaban J connectivity index is 1.63. The zero-order valence-corrected chi connectivity index (χ0v) is 12.2. The van der Waals surface area contributed by atoms with Crippen LogP contribution in [0.4, 0.5) is 5.69 Å². The highest BCUT2D eigenvalue weighted by Crippen LogP contribution is 2.29. The number of rotatable bonds is 5. The fourth-order valence-electron chi connectivity index (χ4n) is 3.16. The zero-order valence-electron chi connectivity index (χ0n) is 12.2. The number of nitrogens with zero attached hydrogens (tertiary/aromatic N) is 1. The van der Waals surface area contributed by atoms with Crippen LogP contribution in [0.5, 0.6) is 0 Å². The van der Waals surface area contributed by atoms with E-state index in [4.69, 9.17) is 0 Å². The largest absolute Gasteiger partial charge is 0.368 e. The van der Waals surface area contributed by atoms with E-state index in [9.17, 15) is 0 Å². The van der Waals surface area contributed by atoms with Gasteiger partial charge in [0.1, 0.15) is 0 Å². The second-order valence-electron chi connectivity index (χ2n) is 6.47. The van der Waals surface area contributed by atoms with Crippen molar-refractivity contribution in [2.24, 2.45) is 5.92 Å². The highest BCUT2D eigenvalue weighted by atomic mass is 15.2. The van der Waals surface area contributed by atoms with Crippen LogP contribution in [-0.4, -0.2) is 18.6 Å². The Labute approximate surface area is 117 Å². The fraction of sp³-hybridized carbons (Fsp3) is 0.647. The third-order valence-electron chi connectivity index (χ3n) is 4.51. The summed E-state index contributed by atoms with van der Waals surface area (Å²) in [7, 11) is 0. The molecule has 0 radical (unpaired) electrons. The molecule has 1 aliphatic heterocycles. The molecular weight excluding hydrogens is 232 g/mol. The molecule has 1 aromatic rings. The molecule has 3 rings (SSSR count). The highest BCUT2D eigenvalue weighted by Gasteiger charge is 2.27. The predicted molar refractivity (Wildman–Crippen MR) is 81.5 cm³/mol. The Hall–Kier alpha value is -1.02. The van der Waals surface area contributed by atoms with Crippen LogP contribution in [0.25, 0.3) is 0 Å². The standard InChI is InChI=1S/C17H26N2/c1-13(2)17-4-3-11-19(17)16-9-5-14(6-10-16)12-18-15-7-8-15/h5-6,9-10,13,15,17-18H,3-4,7-8,11-12H2,1-2H3. The number of benzene rings is 1. The average Bonchev–Trinajstić information content (AvgIpc) is 3.11. The van der Waals surface area contributed by atoms with Gasteiger partial charge in [0, 0.05) is 30.9 Å². The molecule has 1 unspecified atom stereocenters. The van der Waals surface area contributed by atoms with Crippen LogP contribution in [0, 0.1) is 5.92 Å². The van der Waals surface area contributed by atoms with E-state index in [1.165, 1.54) is 43.5 Å². The molecule has 19 heavy (non-hydrogen) atoms. The summed E-state index contributed by atoms with van der Waals surface area (Å²) >= 11 is 0. The molecule has 104 valence electrons. The monoisotopic (exact) mass is 258 g/mol. The smallest absolute Gasteiger partial charge is 0.0368 e. The van der Waals surface area contributed by atoms with E-state index in [1.807, 2.05) is 0 Å². The number of hydrogen-bond donors (Lipinski definition) is 1. The molecule has 1 aromatic carbocycles. The molecule has 1 N–H and O–H groups in total. The number of anilines is 1. The molecule has 1 aliphatic carbocycles. The third kappa shape index (κ3) is 3.11. The third-order valence-corrected chi connectivity index (χ3v) is 4.51. The van der Waals surface area contributed by atoms with Crippen molar-refractivity contribution in [3.63, 3.8) is 0 Å². The summed E-state index contributed by atoms with van der Waals surface area (Å²) in [5.74, 6) is 0.749. The van der Waals surface area contributed by atoms with Gasteiger partial charge in [-0.25, -0.2) is 0 Å². The zero-order chi connectivity index (χ0) is 13.2. The first-order chi connectivity index (χ1) is 9.24. The van der Waals surface area contributed by atoms with Gasteiger partial charge in [-0.3, -0.25) is 0 Å². The van der Waals surface area contributed by atoms with Crippen LogP contribution in [0.2, 0.25) is 0 Å². The summed E-state index contributed by atoms with van der Waals surface area (Å²) in [5, 5.41) is 3.58. The summed E-state index contributed by atoms with van der Waals surface area (Å²) in [5.41, 5.74) is 2.82. The Kier molecular flexibility index (Phi) is 3.79. The van der Waals surface area contributed by atoms with Gasteiger partial charge in [-0.1, -0.05) is 26.0 Å². The lowest BCUT2D eigenvalue weighted by Gasteiger charge is -2.29. The maximum Gasteiger partial charge on any atom is 0.0368 e. The van der Waals surface area contributed by atoms with E-state index in [0.717, 1.165) is 24.5 Å². The van der Waals surface area contributed by atoms with E-state index in [2.05, 4.69) is 48.3 Å². The molecule has 2 nitrogen and oxygen atoms in total. The molecule has 0 amide bonds. The molecule has 2 aliphatic rings. The van der Waals surface area contributed by atoms with Gasteiger partial charge in [-0.05, 0) is 49.3 Å². The van der Waals surface area contributed by atoms with Gasteiger partial charge in [0.15, 0.2) is 0 Å². The van der Waals surface area contributed by atoms with Crippen LogP contribution in [-0.2, 0) is 6.54 Å². The van der Waals surface area contributed by atoms with Crippen LogP contribution in [0.1, 0.15) is 45.1 Å². The first-order valence-corrected chi connectivity index (χ1v) is 7.83. The van der Waals surface area contributed by atoms with Crippen LogP contribution in [0.3, 0.4) is 0 Å². The quantitative estimate of drug-likeness (QED) is 0.868. The molecule has 0 spiro atoms. The first-order valence-electron chi connectivity index (χ1n) is 7.83. The summed E-state index contributed by atoms with van der Waals surface area (Å²) in [6.07, 6.45) is 5.42. The molecule has 1 saturated heterocycles. The van der Waals surface area contributed by atoms with Crippen molar-refractivity contribution in [1.82, 2.24) is 5.32 Å². The summed E-state index contributed by atoms with van der Waals surface area (Å²) < 4.78 is 0. The summed E-state index contributed by atoms with van der Waals surface area (Å²) in [6.45, 7) is 6.94. The van der Waals surface area contributed by atoms with E-state index in [1.54, 1.807) is 0 Å². The van der Waals surface area contributed by atoms with Crippen molar-refractivity contribution < 1.29 is 0 Å². The summed E-state index contributed by atoms with van der Waals surface area (Å²) in [4.78, 5) is 2.60. The Morgan fingerprint density at radius 1 is 1.16 bits per heavy atom. The Bertz CT molecular complexity index is 406. The van der Waals surface area contributed by atoms with Crippen molar-refractivity contribution in [1.29, 1.82) is 0 Å².